The zero-order valence-electron chi connectivity index (χ0n) is 14.4. The molecule has 1 aliphatic heterocycles. The van der Waals surface area contributed by atoms with Crippen molar-refractivity contribution in [3.63, 3.8) is 0 Å². The summed E-state index contributed by atoms with van der Waals surface area (Å²) in [4.78, 5) is 32.5. The number of fused-ring (bicyclic) bond motifs is 1. The third-order valence-electron chi connectivity index (χ3n) is 5.69. The molecule has 1 amide bonds. The highest BCUT2D eigenvalue weighted by Gasteiger charge is 2.29. The largest absolute Gasteiger partial charge is 0.336 e. The zero-order valence-corrected chi connectivity index (χ0v) is 14.4. The highest BCUT2D eigenvalue weighted by molar-refractivity contribution is 5.94. The van der Waals surface area contributed by atoms with Gasteiger partial charge in [0, 0.05) is 38.4 Å². The summed E-state index contributed by atoms with van der Waals surface area (Å²) in [6.45, 7) is 4.53. The molecule has 1 aromatic heterocycles. The number of piperazine rings is 1. The van der Waals surface area contributed by atoms with Crippen molar-refractivity contribution in [2.45, 2.75) is 44.9 Å². The summed E-state index contributed by atoms with van der Waals surface area (Å²) < 4.78 is 0. The monoisotopic (exact) mass is 329 g/mol. The number of nitrogens with zero attached hydrogens (tertiary/aromatic N) is 2. The normalized spacial score (nSPS) is 22.1. The van der Waals surface area contributed by atoms with Gasteiger partial charge in [-0.2, -0.15) is 0 Å². The van der Waals surface area contributed by atoms with Crippen molar-refractivity contribution >= 4 is 5.91 Å². The van der Waals surface area contributed by atoms with Crippen LogP contribution in [0.25, 0.3) is 0 Å². The number of aryl methyl sites for hydroxylation is 2. The number of aromatic nitrogens is 1. The molecule has 4 rings (SSSR count). The fraction of sp³-hybridized carbons (Fsp3) is 0.684. The molecule has 1 saturated heterocycles. The van der Waals surface area contributed by atoms with Crippen molar-refractivity contribution in [1.82, 2.24) is 14.8 Å². The second-order valence-electron chi connectivity index (χ2n) is 7.61. The second-order valence-corrected chi connectivity index (χ2v) is 7.61. The van der Waals surface area contributed by atoms with Gasteiger partial charge in [-0.1, -0.05) is 6.42 Å². The summed E-state index contributed by atoms with van der Waals surface area (Å²) in [5.74, 6) is 0.800. The Morgan fingerprint density at radius 2 is 1.83 bits per heavy atom. The van der Waals surface area contributed by atoms with Crippen molar-refractivity contribution in [1.29, 1.82) is 0 Å². The number of rotatable bonds is 3. The highest BCUT2D eigenvalue weighted by atomic mass is 16.2. The Morgan fingerprint density at radius 1 is 1.08 bits per heavy atom. The summed E-state index contributed by atoms with van der Waals surface area (Å²) in [7, 11) is 0. The van der Waals surface area contributed by atoms with Crippen LogP contribution in [0.15, 0.2) is 10.9 Å². The van der Waals surface area contributed by atoms with Gasteiger partial charge in [-0.25, -0.2) is 0 Å². The first kappa shape index (κ1) is 15.9. The van der Waals surface area contributed by atoms with Crippen molar-refractivity contribution in [3.8, 4) is 0 Å². The van der Waals surface area contributed by atoms with Crippen LogP contribution in [0.4, 0.5) is 0 Å². The number of carbonyl (C=O) groups is 1. The van der Waals surface area contributed by atoms with Crippen molar-refractivity contribution in [2.24, 2.45) is 5.92 Å². The Balaban J connectivity index is 1.46. The molecule has 5 heteroatoms. The molecule has 3 aliphatic rings. The molecular formula is C19H27N3O2. The van der Waals surface area contributed by atoms with Gasteiger partial charge in [0.25, 0.3) is 11.5 Å². The van der Waals surface area contributed by atoms with Crippen LogP contribution < -0.4 is 5.56 Å². The smallest absolute Gasteiger partial charge is 0.261 e. The number of hydrogen-bond donors (Lipinski definition) is 1. The molecule has 1 saturated carbocycles. The molecule has 1 N–H and O–H groups in total. The average Bonchev–Trinajstić information content (AvgIpc) is 3.41. The van der Waals surface area contributed by atoms with E-state index in [0.29, 0.717) is 5.56 Å². The van der Waals surface area contributed by atoms with Crippen molar-refractivity contribution in [3.05, 3.63) is 33.2 Å². The van der Waals surface area contributed by atoms with Gasteiger partial charge < -0.3 is 9.88 Å². The minimum absolute atomic E-state index is 0.0885. The standard InChI is InChI=1S/C19H27N3O2/c23-18-16(12-15-4-2-1-3-5-17(15)20-18)19(24)22-10-8-21(9-11-22)13-14-6-7-14/h12,14H,1-11,13H2,(H,20,23). The zero-order chi connectivity index (χ0) is 16.5. The fourth-order valence-electron chi connectivity index (χ4n) is 3.98. The van der Waals surface area contributed by atoms with E-state index in [1.54, 1.807) is 0 Å². The summed E-state index contributed by atoms with van der Waals surface area (Å²) >= 11 is 0. The van der Waals surface area contributed by atoms with E-state index in [9.17, 15) is 9.59 Å². The molecule has 0 atom stereocenters. The van der Waals surface area contributed by atoms with Crippen LogP contribution in [0.5, 0.6) is 0 Å². The predicted octanol–water partition coefficient (Wildman–Crippen LogP) is 1.81. The minimum Gasteiger partial charge on any atom is -0.336 e. The van der Waals surface area contributed by atoms with Gasteiger partial charge in [0.1, 0.15) is 5.56 Å². The van der Waals surface area contributed by atoms with Gasteiger partial charge in [-0.15, -0.1) is 0 Å². The Bertz CT molecular complexity index is 670. The van der Waals surface area contributed by atoms with Crippen LogP contribution >= 0.6 is 0 Å². The number of nitrogens with one attached hydrogen (secondary N) is 1. The average molecular weight is 329 g/mol. The molecule has 2 fully saturated rings. The van der Waals surface area contributed by atoms with E-state index in [1.807, 2.05) is 11.0 Å². The van der Waals surface area contributed by atoms with E-state index < -0.39 is 0 Å². The maximum atomic E-state index is 12.8. The SMILES string of the molecule is O=C(c1cc2c([nH]c1=O)CCCCC2)N1CCN(CC2CC2)CC1. The lowest BCUT2D eigenvalue weighted by Gasteiger charge is -2.34. The van der Waals surface area contributed by atoms with Crippen LogP contribution in [-0.4, -0.2) is 53.4 Å². The van der Waals surface area contributed by atoms with Gasteiger partial charge in [0.15, 0.2) is 0 Å². The first-order chi connectivity index (χ1) is 11.7. The van der Waals surface area contributed by atoms with E-state index in [2.05, 4.69) is 9.88 Å². The second kappa shape index (κ2) is 6.71. The number of amides is 1. The summed E-state index contributed by atoms with van der Waals surface area (Å²) in [5, 5.41) is 0. The molecule has 5 nitrogen and oxygen atoms in total. The van der Waals surface area contributed by atoms with E-state index >= 15 is 0 Å². The first-order valence-corrected chi connectivity index (χ1v) is 9.47. The molecule has 2 aliphatic carbocycles. The van der Waals surface area contributed by atoms with Crippen LogP contribution in [0.3, 0.4) is 0 Å². The Labute approximate surface area is 143 Å². The molecule has 0 spiro atoms. The summed E-state index contributed by atoms with van der Waals surface area (Å²) in [6.07, 6.45) is 8.10. The molecule has 130 valence electrons. The lowest BCUT2D eigenvalue weighted by atomic mass is 10.1. The number of hydrogen-bond acceptors (Lipinski definition) is 3. The van der Waals surface area contributed by atoms with Gasteiger partial charge in [0.2, 0.25) is 0 Å². The number of carbonyl (C=O) groups excluding carboxylic acids is 1. The van der Waals surface area contributed by atoms with Crippen LogP contribution in [-0.2, 0) is 12.8 Å². The van der Waals surface area contributed by atoms with E-state index in [1.165, 1.54) is 31.4 Å². The van der Waals surface area contributed by atoms with Gasteiger partial charge in [-0.05, 0) is 56.1 Å². The Hall–Kier alpha value is -1.62. The van der Waals surface area contributed by atoms with Crippen molar-refractivity contribution < 1.29 is 4.79 Å². The molecule has 2 heterocycles. The van der Waals surface area contributed by atoms with Crippen LogP contribution in [0, 0.1) is 5.92 Å². The summed E-state index contributed by atoms with van der Waals surface area (Å²) in [6, 6.07) is 1.87. The van der Waals surface area contributed by atoms with Crippen LogP contribution in [0.1, 0.15) is 53.7 Å². The van der Waals surface area contributed by atoms with E-state index in [4.69, 9.17) is 0 Å². The number of pyridine rings is 1. The molecule has 24 heavy (non-hydrogen) atoms. The molecule has 0 unspecified atom stereocenters. The van der Waals surface area contributed by atoms with Gasteiger partial charge in [0.05, 0.1) is 0 Å². The Kier molecular flexibility index (Phi) is 4.44. The molecule has 0 bridgehead atoms. The highest BCUT2D eigenvalue weighted by Crippen LogP contribution is 2.30. The topological polar surface area (TPSA) is 56.4 Å². The third kappa shape index (κ3) is 3.41. The third-order valence-corrected chi connectivity index (χ3v) is 5.69. The molecule has 0 radical (unpaired) electrons. The van der Waals surface area contributed by atoms with Gasteiger partial charge in [-0.3, -0.25) is 14.5 Å². The lowest BCUT2D eigenvalue weighted by Crippen LogP contribution is -2.50. The predicted molar refractivity (Wildman–Crippen MR) is 93.4 cm³/mol. The minimum atomic E-state index is -0.207. The number of H-pyrrole nitrogens is 1. The molecule has 1 aromatic rings. The maximum Gasteiger partial charge on any atom is 0.261 e. The van der Waals surface area contributed by atoms with Gasteiger partial charge >= 0.3 is 0 Å². The van der Waals surface area contributed by atoms with Crippen LogP contribution in [0.2, 0.25) is 0 Å². The Morgan fingerprint density at radius 3 is 2.58 bits per heavy atom. The maximum absolute atomic E-state index is 12.8. The quantitative estimate of drug-likeness (QED) is 0.861. The molecular weight excluding hydrogens is 302 g/mol. The van der Waals surface area contributed by atoms with E-state index in [-0.39, 0.29) is 11.5 Å². The lowest BCUT2D eigenvalue weighted by molar-refractivity contribution is 0.0630. The van der Waals surface area contributed by atoms with E-state index in [0.717, 1.165) is 63.5 Å². The van der Waals surface area contributed by atoms with Crippen molar-refractivity contribution in [2.75, 3.05) is 32.7 Å². The number of aromatic amines is 1. The fourth-order valence-corrected chi connectivity index (χ4v) is 3.98. The summed E-state index contributed by atoms with van der Waals surface area (Å²) in [5.41, 5.74) is 2.35. The first-order valence-electron chi connectivity index (χ1n) is 9.47. The molecule has 0 aromatic carbocycles.